The molecule has 3 rings (SSSR count). The minimum atomic E-state index is -0.0430. The number of aromatic nitrogens is 2. The van der Waals surface area contributed by atoms with E-state index in [1.54, 1.807) is 7.11 Å². The highest BCUT2D eigenvalue weighted by Crippen LogP contribution is 2.40. The van der Waals surface area contributed by atoms with Crippen LogP contribution in [-0.4, -0.2) is 29.4 Å². The van der Waals surface area contributed by atoms with Crippen LogP contribution in [0.5, 0.6) is 11.5 Å². The molecule has 0 saturated heterocycles. The predicted molar refractivity (Wildman–Crippen MR) is 101 cm³/mol. The lowest BCUT2D eigenvalue weighted by molar-refractivity contribution is -0.116. The molecular weight excluding hydrogens is 330 g/mol. The highest BCUT2D eigenvalue weighted by atomic mass is 16.5. The molecule has 2 heterocycles. The number of anilines is 1. The number of hydrogen-bond donors (Lipinski definition) is 1. The van der Waals surface area contributed by atoms with Gasteiger partial charge in [0.2, 0.25) is 5.91 Å². The van der Waals surface area contributed by atoms with Gasteiger partial charge in [0.1, 0.15) is 5.82 Å². The number of ether oxygens (including phenoxy) is 2. The van der Waals surface area contributed by atoms with Crippen molar-refractivity contribution in [3.05, 3.63) is 35.5 Å². The monoisotopic (exact) mass is 357 g/mol. The van der Waals surface area contributed by atoms with Gasteiger partial charge in [0.25, 0.3) is 0 Å². The molecule has 26 heavy (non-hydrogen) atoms. The summed E-state index contributed by atoms with van der Waals surface area (Å²) in [6, 6.07) is 6.07. The topological polar surface area (TPSA) is 65.4 Å². The Morgan fingerprint density at radius 3 is 2.69 bits per heavy atom. The van der Waals surface area contributed by atoms with Gasteiger partial charge in [-0.3, -0.25) is 4.79 Å². The van der Waals surface area contributed by atoms with E-state index >= 15 is 0 Å². The van der Waals surface area contributed by atoms with Gasteiger partial charge >= 0.3 is 0 Å². The fourth-order valence-corrected chi connectivity index (χ4v) is 3.21. The van der Waals surface area contributed by atoms with Gasteiger partial charge in [-0.1, -0.05) is 19.9 Å². The number of rotatable bonds is 6. The SMILES string of the molecule is COc1ccc([C@@H]2CC(=O)Nc3c2cnn3C(C)C)cc1OCC(C)C. The molecule has 1 aromatic heterocycles. The van der Waals surface area contributed by atoms with E-state index in [0.29, 0.717) is 30.4 Å². The van der Waals surface area contributed by atoms with Crippen LogP contribution in [0.25, 0.3) is 0 Å². The number of carbonyl (C=O) groups is 1. The Bertz CT molecular complexity index is 796. The van der Waals surface area contributed by atoms with E-state index in [9.17, 15) is 4.79 Å². The van der Waals surface area contributed by atoms with Crippen molar-refractivity contribution in [3.63, 3.8) is 0 Å². The molecule has 0 saturated carbocycles. The molecule has 6 nitrogen and oxygen atoms in total. The second kappa shape index (κ2) is 7.40. The maximum atomic E-state index is 12.3. The molecule has 0 spiro atoms. The number of nitrogens with one attached hydrogen (secondary N) is 1. The van der Waals surface area contributed by atoms with Crippen molar-refractivity contribution in [1.82, 2.24) is 9.78 Å². The molecule has 1 aromatic carbocycles. The van der Waals surface area contributed by atoms with Crippen molar-refractivity contribution in [3.8, 4) is 11.5 Å². The van der Waals surface area contributed by atoms with Crippen molar-refractivity contribution < 1.29 is 14.3 Å². The third-order valence-corrected chi connectivity index (χ3v) is 4.50. The number of hydrogen-bond acceptors (Lipinski definition) is 4. The lowest BCUT2D eigenvalue weighted by Crippen LogP contribution is -2.25. The fourth-order valence-electron chi connectivity index (χ4n) is 3.21. The van der Waals surface area contributed by atoms with Crippen LogP contribution >= 0.6 is 0 Å². The van der Waals surface area contributed by atoms with Crippen LogP contribution in [0, 0.1) is 5.92 Å². The molecule has 0 radical (unpaired) electrons. The lowest BCUT2D eigenvalue weighted by atomic mass is 9.87. The number of benzene rings is 1. The standard InChI is InChI=1S/C20H27N3O3/c1-12(2)11-26-18-8-14(6-7-17(18)25-5)15-9-19(24)22-20-16(15)10-21-23(20)13(3)4/h6-8,10,12-13,15H,9,11H2,1-5H3,(H,22,24)/t15-/m0/s1. The second-order valence-electron chi connectivity index (χ2n) is 7.41. The van der Waals surface area contributed by atoms with E-state index in [0.717, 1.165) is 16.9 Å². The maximum Gasteiger partial charge on any atom is 0.226 e. The molecule has 0 unspecified atom stereocenters. The normalized spacial score (nSPS) is 16.6. The molecule has 0 fully saturated rings. The average Bonchev–Trinajstić information content (AvgIpc) is 3.02. The molecular formula is C20H27N3O3. The van der Waals surface area contributed by atoms with Crippen molar-refractivity contribution in [2.45, 2.75) is 46.1 Å². The molecule has 140 valence electrons. The molecule has 1 N–H and O–H groups in total. The number of fused-ring (bicyclic) bond motifs is 1. The van der Waals surface area contributed by atoms with Gasteiger partial charge in [-0.2, -0.15) is 5.10 Å². The van der Waals surface area contributed by atoms with Crippen molar-refractivity contribution >= 4 is 11.7 Å². The minimum Gasteiger partial charge on any atom is -0.493 e. The van der Waals surface area contributed by atoms with Crippen LogP contribution in [-0.2, 0) is 4.79 Å². The maximum absolute atomic E-state index is 12.3. The summed E-state index contributed by atoms with van der Waals surface area (Å²) in [6.07, 6.45) is 2.26. The second-order valence-corrected chi connectivity index (χ2v) is 7.41. The highest BCUT2D eigenvalue weighted by molar-refractivity contribution is 5.94. The van der Waals surface area contributed by atoms with Gasteiger partial charge in [0, 0.05) is 23.9 Å². The van der Waals surface area contributed by atoms with Crippen LogP contribution in [0.15, 0.2) is 24.4 Å². The number of nitrogens with zero attached hydrogens (tertiary/aromatic N) is 2. The summed E-state index contributed by atoms with van der Waals surface area (Å²) in [5, 5.41) is 7.44. The van der Waals surface area contributed by atoms with Crippen LogP contribution in [0.3, 0.4) is 0 Å². The van der Waals surface area contributed by atoms with Crippen LogP contribution < -0.4 is 14.8 Å². The van der Waals surface area contributed by atoms with Gasteiger partial charge < -0.3 is 14.8 Å². The molecule has 1 aliphatic heterocycles. The Hall–Kier alpha value is -2.50. The van der Waals surface area contributed by atoms with Gasteiger partial charge in [0.05, 0.1) is 19.9 Å². The summed E-state index contributed by atoms with van der Waals surface area (Å²) >= 11 is 0. The first-order chi connectivity index (χ1) is 12.4. The number of methoxy groups -OCH3 is 1. The van der Waals surface area contributed by atoms with Gasteiger partial charge in [-0.25, -0.2) is 4.68 Å². The third kappa shape index (κ3) is 3.54. The van der Waals surface area contributed by atoms with Crippen LogP contribution in [0.4, 0.5) is 5.82 Å². The zero-order valence-corrected chi connectivity index (χ0v) is 16.1. The van der Waals surface area contributed by atoms with Gasteiger partial charge in [-0.05, 0) is 37.5 Å². The molecule has 0 aliphatic carbocycles. The molecule has 0 bridgehead atoms. The van der Waals surface area contributed by atoms with Crippen LogP contribution in [0.2, 0.25) is 0 Å². The lowest BCUT2D eigenvalue weighted by Gasteiger charge is -2.25. The number of amides is 1. The van der Waals surface area contributed by atoms with Gasteiger partial charge in [0.15, 0.2) is 11.5 Å². The average molecular weight is 357 g/mol. The van der Waals surface area contributed by atoms with Gasteiger partial charge in [-0.15, -0.1) is 0 Å². The molecule has 6 heteroatoms. The third-order valence-electron chi connectivity index (χ3n) is 4.50. The first-order valence-electron chi connectivity index (χ1n) is 9.08. The zero-order chi connectivity index (χ0) is 18.8. The Morgan fingerprint density at radius 2 is 2.04 bits per heavy atom. The Balaban J connectivity index is 1.99. The summed E-state index contributed by atoms with van der Waals surface area (Å²) in [6.45, 7) is 8.92. The summed E-state index contributed by atoms with van der Waals surface area (Å²) in [5.74, 6) is 2.58. The molecule has 1 aliphatic rings. The molecule has 2 aromatic rings. The van der Waals surface area contributed by atoms with E-state index in [2.05, 4.69) is 24.3 Å². The van der Waals surface area contributed by atoms with E-state index in [1.807, 2.05) is 42.9 Å². The minimum absolute atomic E-state index is 0.00497. The fraction of sp³-hybridized carbons (Fsp3) is 0.500. The quantitative estimate of drug-likeness (QED) is 0.849. The summed E-state index contributed by atoms with van der Waals surface area (Å²) in [5.41, 5.74) is 2.07. The molecule has 1 atom stereocenters. The zero-order valence-electron chi connectivity index (χ0n) is 16.1. The van der Waals surface area contributed by atoms with Crippen molar-refractivity contribution in [2.75, 3.05) is 19.0 Å². The molecule has 1 amide bonds. The first kappa shape index (κ1) is 18.3. The largest absolute Gasteiger partial charge is 0.493 e. The summed E-state index contributed by atoms with van der Waals surface area (Å²) in [7, 11) is 1.63. The predicted octanol–water partition coefficient (Wildman–Crippen LogP) is 3.98. The van der Waals surface area contributed by atoms with Crippen molar-refractivity contribution in [2.24, 2.45) is 5.92 Å². The Kier molecular flexibility index (Phi) is 5.20. The van der Waals surface area contributed by atoms with Crippen molar-refractivity contribution in [1.29, 1.82) is 0 Å². The first-order valence-corrected chi connectivity index (χ1v) is 9.08. The van der Waals surface area contributed by atoms with Crippen LogP contribution in [0.1, 0.15) is 57.2 Å². The number of carbonyl (C=O) groups excluding carboxylic acids is 1. The smallest absolute Gasteiger partial charge is 0.226 e. The van der Waals surface area contributed by atoms with E-state index < -0.39 is 0 Å². The summed E-state index contributed by atoms with van der Waals surface area (Å²) < 4.78 is 13.2. The summed E-state index contributed by atoms with van der Waals surface area (Å²) in [4.78, 5) is 12.3. The Morgan fingerprint density at radius 1 is 1.27 bits per heavy atom. The Labute approximate surface area is 154 Å². The van der Waals surface area contributed by atoms with E-state index in [1.165, 1.54) is 0 Å². The highest BCUT2D eigenvalue weighted by Gasteiger charge is 2.31. The van der Waals surface area contributed by atoms with E-state index in [-0.39, 0.29) is 17.9 Å². The van der Waals surface area contributed by atoms with E-state index in [4.69, 9.17) is 9.47 Å².